The van der Waals surface area contributed by atoms with Crippen molar-refractivity contribution < 1.29 is 4.79 Å². The highest BCUT2D eigenvalue weighted by Gasteiger charge is 2.28. The highest BCUT2D eigenvalue weighted by Crippen LogP contribution is 2.18. The molecule has 0 saturated carbocycles. The summed E-state index contributed by atoms with van der Waals surface area (Å²) >= 11 is 0. The molecule has 5 heteroatoms. The van der Waals surface area contributed by atoms with E-state index in [9.17, 15) is 4.79 Å². The Morgan fingerprint density at radius 2 is 2.17 bits per heavy atom. The first kappa shape index (κ1) is 17.3. The molecule has 1 aromatic carbocycles. The van der Waals surface area contributed by atoms with E-state index in [1.165, 1.54) is 5.56 Å². The maximum absolute atomic E-state index is 12.1. The number of guanidine groups is 1. The van der Waals surface area contributed by atoms with Gasteiger partial charge in [0.1, 0.15) is 0 Å². The lowest BCUT2D eigenvalue weighted by Gasteiger charge is -2.16. The Morgan fingerprint density at radius 3 is 2.91 bits per heavy atom. The van der Waals surface area contributed by atoms with Crippen LogP contribution in [0.25, 0.3) is 0 Å². The standard InChI is InChI=1S/C18H28N4O/c1-2-3-10-20-18(19)21-13-16-12-17(23)22(14-16)11-9-15-7-5-4-6-8-15/h4-8,16H,2-3,9-14H2,1H3,(H3,19,20,21). The maximum Gasteiger partial charge on any atom is 0.223 e. The predicted molar refractivity (Wildman–Crippen MR) is 94.2 cm³/mol. The monoisotopic (exact) mass is 316 g/mol. The number of carbonyl (C=O) groups is 1. The zero-order chi connectivity index (χ0) is 16.5. The topological polar surface area (TPSA) is 70.7 Å². The minimum Gasteiger partial charge on any atom is -0.370 e. The summed E-state index contributed by atoms with van der Waals surface area (Å²) in [6.07, 6.45) is 3.71. The van der Waals surface area contributed by atoms with Crippen molar-refractivity contribution in [2.45, 2.75) is 32.6 Å². The molecular weight excluding hydrogens is 288 g/mol. The molecular formula is C18H28N4O. The van der Waals surface area contributed by atoms with E-state index in [2.05, 4.69) is 29.4 Å². The number of benzene rings is 1. The van der Waals surface area contributed by atoms with Gasteiger partial charge in [-0.05, 0) is 18.4 Å². The second-order valence-corrected chi connectivity index (χ2v) is 6.15. The third-order valence-electron chi connectivity index (χ3n) is 4.16. The summed E-state index contributed by atoms with van der Waals surface area (Å²) in [6.45, 7) is 5.20. The third-order valence-corrected chi connectivity index (χ3v) is 4.16. The highest BCUT2D eigenvalue weighted by atomic mass is 16.2. The van der Waals surface area contributed by atoms with Gasteiger partial charge in [-0.15, -0.1) is 0 Å². The Labute approximate surface area is 139 Å². The van der Waals surface area contributed by atoms with Crippen molar-refractivity contribution in [3.8, 4) is 0 Å². The number of hydrogen-bond acceptors (Lipinski definition) is 2. The Balaban J connectivity index is 1.73. The first-order valence-corrected chi connectivity index (χ1v) is 8.54. The van der Waals surface area contributed by atoms with E-state index in [0.29, 0.717) is 18.9 Å². The largest absolute Gasteiger partial charge is 0.370 e. The van der Waals surface area contributed by atoms with Gasteiger partial charge in [-0.2, -0.15) is 0 Å². The van der Waals surface area contributed by atoms with Crippen molar-refractivity contribution >= 4 is 11.9 Å². The number of unbranched alkanes of at least 4 members (excludes halogenated alkanes) is 1. The van der Waals surface area contributed by atoms with Crippen molar-refractivity contribution in [3.63, 3.8) is 0 Å². The van der Waals surface area contributed by atoms with Crippen LogP contribution in [0.3, 0.4) is 0 Å². The number of nitrogens with zero attached hydrogens (tertiary/aromatic N) is 2. The molecule has 0 aliphatic carbocycles. The molecule has 2 rings (SSSR count). The van der Waals surface area contributed by atoms with Crippen LogP contribution in [0.5, 0.6) is 0 Å². The lowest BCUT2D eigenvalue weighted by molar-refractivity contribution is -0.127. The number of rotatable bonds is 8. The first-order chi connectivity index (χ1) is 11.2. The molecule has 3 N–H and O–H groups in total. The third kappa shape index (κ3) is 5.93. The van der Waals surface area contributed by atoms with Gasteiger partial charge in [0.25, 0.3) is 0 Å². The summed E-state index contributed by atoms with van der Waals surface area (Å²) in [4.78, 5) is 18.4. The highest BCUT2D eigenvalue weighted by molar-refractivity contribution is 5.79. The number of likely N-dealkylation sites (tertiary alicyclic amines) is 1. The van der Waals surface area contributed by atoms with Crippen LogP contribution in [-0.4, -0.2) is 42.9 Å². The van der Waals surface area contributed by atoms with E-state index in [1.54, 1.807) is 0 Å². The van der Waals surface area contributed by atoms with Crippen LogP contribution in [0.1, 0.15) is 31.7 Å². The zero-order valence-corrected chi connectivity index (χ0v) is 14.0. The number of aliphatic imine (C=N–C) groups is 1. The second kappa shape index (κ2) is 9.18. The van der Waals surface area contributed by atoms with Gasteiger partial charge in [-0.25, -0.2) is 0 Å². The maximum atomic E-state index is 12.1. The van der Waals surface area contributed by atoms with Gasteiger partial charge in [0, 0.05) is 38.5 Å². The van der Waals surface area contributed by atoms with Gasteiger partial charge < -0.3 is 16.0 Å². The molecule has 5 nitrogen and oxygen atoms in total. The molecule has 1 aliphatic rings. The summed E-state index contributed by atoms with van der Waals surface area (Å²) in [5.41, 5.74) is 7.11. The van der Waals surface area contributed by atoms with Crippen LogP contribution >= 0.6 is 0 Å². The van der Waals surface area contributed by atoms with E-state index < -0.39 is 0 Å². The molecule has 1 saturated heterocycles. The van der Waals surface area contributed by atoms with Crippen LogP contribution < -0.4 is 11.1 Å². The fourth-order valence-corrected chi connectivity index (χ4v) is 2.78. The lowest BCUT2D eigenvalue weighted by Crippen LogP contribution is -2.33. The molecule has 1 atom stereocenters. The molecule has 0 radical (unpaired) electrons. The predicted octanol–water partition coefficient (Wildman–Crippen LogP) is 1.78. The van der Waals surface area contributed by atoms with E-state index >= 15 is 0 Å². The van der Waals surface area contributed by atoms with E-state index in [-0.39, 0.29) is 11.8 Å². The summed E-state index contributed by atoms with van der Waals surface area (Å²) in [5, 5.41) is 3.11. The van der Waals surface area contributed by atoms with Crippen LogP contribution in [0, 0.1) is 5.92 Å². The van der Waals surface area contributed by atoms with Gasteiger partial charge in [-0.3, -0.25) is 9.79 Å². The summed E-state index contributed by atoms with van der Waals surface area (Å²) in [6, 6.07) is 10.3. The summed E-state index contributed by atoms with van der Waals surface area (Å²) < 4.78 is 0. The SMILES string of the molecule is CCCCNC(N)=NCC1CC(=O)N(CCc2ccccc2)C1. The molecule has 0 spiro atoms. The van der Waals surface area contributed by atoms with E-state index in [1.807, 2.05) is 23.1 Å². The minimum absolute atomic E-state index is 0.235. The number of nitrogens with one attached hydrogen (secondary N) is 1. The first-order valence-electron chi connectivity index (χ1n) is 8.54. The Morgan fingerprint density at radius 1 is 1.39 bits per heavy atom. The molecule has 1 unspecified atom stereocenters. The van der Waals surface area contributed by atoms with Crippen LogP contribution in [0.2, 0.25) is 0 Å². The molecule has 126 valence electrons. The zero-order valence-electron chi connectivity index (χ0n) is 14.0. The number of amides is 1. The van der Waals surface area contributed by atoms with Crippen LogP contribution in [-0.2, 0) is 11.2 Å². The molecule has 1 aliphatic heterocycles. The summed E-state index contributed by atoms with van der Waals surface area (Å²) in [7, 11) is 0. The van der Waals surface area contributed by atoms with E-state index in [0.717, 1.165) is 38.9 Å². The van der Waals surface area contributed by atoms with E-state index in [4.69, 9.17) is 5.73 Å². The molecule has 23 heavy (non-hydrogen) atoms. The fraction of sp³-hybridized carbons (Fsp3) is 0.556. The van der Waals surface area contributed by atoms with Crippen molar-refractivity contribution in [1.82, 2.24) is 10.2 Å². The quantitative estimate of drug-likeness (QED) is 0.436. The van der Waals surface area contributed by atoms with Crippen molar-refractivity contribution in [2.24, 2.45) is 16.6 Å². The normalized spacial score (nSPS) is 18.5. The van der Waals surface area contributed by atoms with Crippen LogP contribution in [0.15, 0.2) is 35.3 Å². The van der Waals surface area contributed by atoms with Crippen molar-refractivity contribution in [2.75, 3.05) is 26.2 Å². The molecule has 1 aromatic rings. The number of hydrogen-bond donors (Lipinski definition) is 2. The Kier molecular flexibility index (Phi) is 6.91. The second-order valence-electron chi connectivity index (χ2n) is 6.15. The molecule has 1 fully saturated rings. The molecule has 1 amide bonds. The minimum atomic E-state index is 0.235. The van der Waals surface area contributed by atoms with Gasteiger partial charge in [0.15, 0.2) is 5.96 Å². The smallest absolute Gasteiger partial charge is 0.223 e. The summed E-state index contributed by atoms with van der Waals surface area (Å²) in [5.74, 6) is 1.01. The number of carbonyl (C=O) groups excluding carboxylic acids is 1. The van der Waals surface area contributed by atoms with Crippen LogP contribution in [0.4, 0.5) is 0 Å². The van der Waals surface area contributed by atoms with Gasteiger partial charge in [-0.1, -0.05) is 43.7 Å². The Bertz CT molecular complexity index is 515. The molecule has 1 heterocycles. The van der Waals surface area contributed by atoms with Gasteiger partial charge in [0.05, 0.1) is 0 Å². The Hall–Kier alpha value is -2.04. The lowest BCUT2D eigenvalue weighted by atomic mass is 10.1. The average molecular weight is 316 g/mol. The fourth-order valence-electron chi connectivity index (χ4n) is 2.78. The van der Waals surface area contributed by atoms with Crippen molar-refractivity contribution in [1.29, 1.82) is 0 Å². The van der Waals surface area contributed by atoms with Crippen molar-refractivity contribution in [3.05, 3.63) is 35.9 Å². The average Bonchev–Trinajstić information content (AvgIpc) is 2.92. The van der Waals surface area contributed by atoms with Gasteiger partial charge >= 0.3 is 0 Å². The molecule has 0 aromatic heterocycles. The number of nitrogens with two attached hydrogens (primary N) is 1. The molecule has 0 bridgehead atoms. The van der Waals surface area contributed by atoms with Gasteiger partial charge in [0.2, 0.25) is 5.91 Å².